The molecule has 0 aliphatic heterocycles. The summed E-state index contributed by atoms with van der Waals surface area (Å²) in [5.74, 6) is -0.895. The number of benzene rings is 1. The Balaban J connectivity index is 2.23. The van der Waals surface area contributed by atoms with Gasteiger partial charge < -0.3 is 24.8 Å². The van der Waals surface area contributed by atoms with Gasteiger partial charge in [0.1, 0.15) is 6.04 Å². The maximum atomic E-state index is 13.6. The van der Waals surface area contributed by atoms with Gasteiger partial charge in [0.15, 0.2) is 0 Å². The highest BCUT2D eigenvalue weighted by atomic mass is 16.5. The number of amides is 2. The van der Waals surface area contributed by atoms with Crippen LogP contribution in [0.15, 0.2) is 42.1 Å². The van der Waals surface area contributed by atoms with Gasteiger partial charge in [-0.15, -0.1) is 0 Å². The molecule has 2 aromatic rings. The Morgan fingerprint density at radius 3 is 2.32 bits per heavy atom. The Kier molecular flexibility index (Phi) is 10.9. The fourth-order valence-corrected chi connectivity index (χ4v) is 4.59. The van der Waals surface area contributed by atoms with Crippen LogP contribution in [-0.2, 0) is 32.6 Å². The highest BCUT2D eigenvalue weighted by molar-refractivity contribution is 5.92. The number of carbonyl (C=O) groups excluding carboxylic acids is 3. The molecule has 1 aromatic heterocycles. The van der Waals surface area contributed by atoms with Crippen LogP contribution in [0.3, 0.4) is 0 Å². The third kappa shape index (κ3) is 7.44. The summed E-state index contributed by atoms with van der Waals surface area (Å²) in [6.45, 7) is 11.6. The van der Waals surface area contributed by atoms with Crippen LogP contribution in [-0.4, -0.2) is 66.1 Å². The molecule has 2 rings (SSSR count). The van der Waals surface area contributed by atoms with Crippen molar-refractivity contribution in [2.24, 2.45) is 18.9 Å². The molecular weight excluding hydrogens is 468 g/mol. The number of ether oxygens (including phenoxy) is 1. The van der Waals surface area contributed by atoms with Crippen molar-refractivity contribution in [2.75, 3.05) is 20.7 Å². The molecule has 2 N–H and O–H groups in total. The Hall–Kier alpha value is -3.13. The number of esters is 1. The summed E-state index contributed by atoms with van der Waals surface area (Å²) in [5, 5.41) is 7.23. The second-order valence-corrected chi connectivity index (χ2v) is 10.3. The van der Waals surface area contributed by atoms with Gasteiger partial charge >= 0.3 is 5.97 Å². The van der Waals surface area contributed by atoms with Crippen molar-refractivity contribution >= 4 is 28.7 Å². The first-order chi connectivity index (χ1) is 17.4. The minimum atomic E-state index is -0.710. The number of hydrogen-bond acceptors (Lipinski definition) is 5. The lowest BCUT2D eigenvalue weighted by Crippen LogP contribution is -2.56. The maximum absolute atomic E-state index is 13.6. The number of likely N-dealkylation sites (N-methyl/N-ethyl adjacent to an activating group) is 2. The van der Waals surface area contributed by atoms with E-state index < -0.39 is 18.1 Å². The number of aromatic nitrogens is 1. The van der Waals surface area contributed by atoms with Gasteiger partial charge in [-0.05, 0) is 50.8 Å². The van der Waals surface area contributed by atoms with Crippen molar-refractivity contribution in [3.63, 3.8) is 0 Å². The van der Waals surface area contributed by atoms with E-state index in [-0.39, 0.29) is 36.3 Å². The standard InChI is InChI=1S/C29H44N4O4/c1-10-37-29(36)20(6)15-25(18(2)3)33(9)28(35)26(19(4)5)31-27(34)23(30-7)16-21-17-32(8)24-14-12-11-13-22(21)24/h11-15,17-19,23,25-26,30H,10,16H2,1-9H3,(H,31,34)/b20-15+/t23-,25+,26-/m0/s1. The Morgan fingerprint density at radius 1 is 1.11 bits per heavy atom. The van der Waals surface area contributed by atoms with Crippen LogP contribution in [0.2, 0.25) is 0 Å². The number of carbonyl (C=O) groups is 3. The molecule has 0 aliphatic rings. The van der Waals surface area contributed by atoms with Gasteiger partial charge in [0.25, 0.3) is 0 Å². The van der Waals surface area contributed by atoms with Crippen molar-refractivity contribution < 1.29 is 19.1 Å². The highest BCUT2D eigenvalue weighted by Gasteiger charge is 2.33. The van der Waals surface area contributed by atoms with E-state index >= 15 is 0 Å². The lowest BCUT2D eigenvalue weighted by Gasteiger charge is -2.34. The molecule has 0 saturated heterocycles. The Bertz CT molecular complexity index is 1120. The average Bonchev–Trinajstić information content (AvgIpc) is 3.18. The second kappa shape index (κ2) is 13.4. The molecule has 0 bridgehead atoms. The molecule has 37 heavy (non-hydrogen) atoms. The molecule has 8 nitrogen and oxygen atoms in total. The van der Waals surface area contributed by atoms with Gasteiger partial charge in [-0.25, -0.2) is 4.79 Å². The largest absolute Gasteiger partial charge is 0.463 e. The first kappa shape index (κ1) is 30.1. The maximum Gasteiger partial charge on any atom is 0.333 e. The summed E-state index contributed by atoms with van der Waals surface area (Å²) < 4.78 is 7.16. The van der Waals surface area contributed by atoms with Gasteiger partial charge in [0, 0.05) is 36.8 Å². The molecule has 1 aromatic carbocycles. The van der Waals surface area contributed by atoms with Crippen molar-refractivity contribution in [3.05, 3.63) is 47.7 Å². The summed E-state index contributed by atoms with van der Waals surface area (Å²) in [5.41, 5.74) is 2.63. The summed E-state index contributed by atoms with van der Waals surface area (Å²) in [6, 6.07) is 6.56. The van der Waals surface area contributed by atoms with Crippen LogP contribution in [0.1, 0.15) is 47.1 Å². The lowest BCUT2D eigenvalue weighted by atomic mass is 9.96. The van der Waals surface area contributed by atoms with E-state index in [4.69, 9.17) is 4.74 Å². The van der Waals surface area contributed by atoms with E-state index in [9.17, 15) is 14.4 Å². The lowest BCUT2D eigenvalue weighted by molar-refractivity contribution is -0.139. The molecule has 2 amide bonds. The van der Waals surface area contributed by atoms with Crippen LogP contribution in [0, 0.1) is 11.8 Å². The highest BCUT2D eigenvalue weighted by Crippen LogP contribution is 2.22. The SMILES string of the molecule is CCOC(=O)/C(C)=C/[C@H](C(C)C)N(C)C(=O)[C@@H](NC(=O)[C@H](Cc1cn(C)c2ccccc12)NC)C(C)C. The topological polar surface area (TPSA) is 92.7 Å². The first-order valence-corrected chi connectivity index (χ1v) is 13.1. The summed E-state index contributed by atoms with van der Waals surface area (Å²) in [7, 11) is 5.47. The average molecular weight is 513 g/mol. The zero-order valence-corrected chi connectivity index (χ0v) is 23.8. The first-order valence-electron chi connectivity index (χ1n) is 13.1. The quantitative estimate of drug-likeness (QED) is 0.336. The fourth-order valence-electron chi connectivity index (χ4n) is 4.59. The smallest absolute Gasteiger partial charge is 0.333 e. The van der Waals surface area contributed by atoms with Crippen molar-refractivity contribution in [1.82, 2.24) is 20.1 Å². The third-order valence-corrected chi connectivity index (χ3v) is 6.79. The minimum absolute atomic E-state index is 0.0539. The van der Waals surface area contributed by atoms with Crippen LogP contribution < -0.4 is 10.6 Å². The number of rotatable bonds is 12. The van der Waals surface area contributed by atoms with E-state index in [2.05, 4.69) is 27.3 Å². The van der Waals surface area contributed by atoms with Gasteiger partial charge in [0.2, 0.25) is 11.8 Å². The number of hydrogen-bond donors (Lipinski definition) is 2. The van der Waals surface area contributed by atoms with Crippen molar-refractivity contribution in [1.29, 1.82) is 0 Å². The van der Waals surface area contributed by atoms with E-state index in [0.29, 0.717) is 12.0 Å². The molecule has 0 saturated carbocycles. The zero-order chi connectivity index (χ0) is 27.9. The predicted molar refractivity (Wildman–Crippen MR) is 148 cm³/mol. The molecule has 0 aliphatic carbocycles. The molecule has 8 heteroatoms. The second-order valence-electron chi connectivity index (χ2n) is 10.3. The monoisotopic (exact) mass is 512 g/mol. The van der Waals surface area contributed by atoms with Crippen molar-refractivity contribution in [3.8, 4) is 0 Å². The summed E-state index contributed by atoms with van der Waals surface area (Å²) in [6.07, 6.45) is 4.32. The van der Waals surface area contributed by atoms with Crippen LogP contribution >= 0.6 is 0 Å². The summed E-state index contributed by atoms with van der Waals surface area (Å²) >= 11 is 0. The van der Waals surface area contributed by atoms with Crippen LogP contribution in [0.5, 0.6) is 0 Å². The molecular formula is C29H44N4O4. The van der Waals surface area contributed by atoms with Crippen LogP contribution in [0.25, 0.3) is 10.9 Å². The molecule has 0 unspecified atom stereocenters. The van der Waals surface area contributed by atoms with E-state index in [0.717, 1.165) is 16.5 Å². The van der Waals surface area contributed by atoms with Gasteiger partial charge in [-0.1, -0.05) is 52.0 Å². The van der Waals surface area contributed by atoms with Gasteiger partial charge in [-0.3, -0.25) is 9.59 Å². The predicted octanol–water partition coefficient (Wildman–Crippen LogP) is 3.44. The number of aryl methyl sites for hydroxylation is 1. The van der Waals surface area contributed by atoms with Crippen LogP contribution in [0.4, 0.5) is 0 Å². The molecule has 0 radical (unpaired) electrons. The summed E-state index contributed by atoms with van der Waals surface area (Å²) in [4.78, 5) is 40.8. The number of fused-ring (bicyclic) bond motifs is 1. The van der Waals surface area contributed by atoms with E-state index in [1.54, 1.807) is 38.9 Å². The molecule has 204 valence electrons. The van der Waals surface area contributed by atoms with Gasteiger partial charge in [0.05, 0.1) is 18.7 Å². The molecule has 0 fully saturated rings. The van der Waals surface area contributed by atoms with Gasteiger partial charge in [-0.2, -0.15) is 0 Å². The number of para-hydroxylation sites is 1. The fraction of sp³-hybridized carbons (Fsp3) is 0.552. The minimum Gasteiger partial charge on any atom is -0.463 e. The zero-order valence-electron chi connectivity index (χ0n) is 23.8. The number of nitrogens with zero attached hydrogens (tertiary/aromatic N) is 2. The normalized spacial score (nSPS) is 14.5. The van der Waals surface area contributed by atoms with Crippen molar-refractivity contribution in [2.45, 2.75) is 66.1 Å². The Labute approximate surface area is 221 Å². The molecule has 0 spiro atoms. The molecule has 3 atom stereocenters. The Morgan fingerprint density at radius 2 is 1.76 bits per heavy atom. The third-order valence-electron chi connectivity index (χ3n) is 6.79. The molecule has 1 heterocycles. The van der Waals surface area contributed by atoms with E-state index in [1.807, 2.05) is 53.1 Å². The van der Waals surface area contributed by atoms with E-state index in [1.165, 1.54) is 0 Å². The number of nitrogens with one attached hydrogen (secondary N) is 2.